The van der Waals surface area contributed by atoms with Gasteiger partial charge in [-0.25, -0.2) is 0 Å². The summed E-state index contributed by atoms with van der Waals surface area (Å²) in [4.78, 5) is 0. The maximum Gasteiger partial charge on any atom is -0.0111 e. The van der Waals surface area contributed by atoms with Gasteiger partial charge in [0.05, 0.1) is 0 Å². The molecule has 1 aliphatic heterocycles. The summed E-state index contributed by atoms with van der Waals surface area (Å²) in [5.74, 6) is 0. The third-order valence-corrected chi connectivity index (χ3v) is 30.8. The Bertz CT molecular complexity index is 1090. The fourth-order valence-corrected chi connectivity index (χ4v) is 35.1. The molecule has 4 aromatic rings. The first-order chi connectivity index (χ1) is 18.9. The topological polar surface area (TPSA) is 0 Å². The average molecular weight is 573 g/mol. The van der Waals surface area contributed by atoms with Gasteiger partial charge in [-0.15, -0.1) is 0 Å². The normalized spacial score (nSPS) is 23.8. The third-order valence-electron chi connectivity index (χ3n) is 7.21. The quantitative estimate of drug-likeness (QED) is 0.214. The molecule has 1 saturated heterocycles. The third kappa shape index (κ3) is 7.62. The molecule has 1 heterocycles. The van der Waals surface area contributed by atoms with Crippen molar-refractivity contribution in [3.8, 4) is 0 Å². The van der Waals surface area contributed by atoms with Crippen molar-refractivity contribution in [1.82, 2.24) is 0 Å². The Morgan fingerprint density at radius 3 is 0.868 bits per heavy atom. The lowest BCUT2D eigenvalue weighted by Crippen LogP contribution is -2.14. The van der Waals surface area contributed by atoms with Gasteiger partial charge >= 0.3 is 0 Å². The largest absolute Gasteiger partial charge is 0.0622 e. The van der Waals surface area contributed by atoms with Crippen LogP contribution in [0.2, 0.25) is 0 Å². The Morgan fingerprint density at radius 2 is 0.553 bits per heavy atom. The van der Waals surface area contributed by atoms with Gasteiger partial charge in [0.25, 0.3) is 0 Å². The lowest BCUT2D eigenvalue weighted by Gasteiger charge is -2.40. The van der Waals surface area contributed by atoms with Gasteiger partial charge in [-0.3, -0.25) is 0 Å². The van der Waals surface area contributed by atoms with Crippen molar-refractivity contribution in [2.45, 2.75) is 51.4 Å². The van der Waals surface area contributed by atoms with Crippen molar-refractivity contribution in [3.63, 3.8) is 0 Å². The van der Waals surface area contributed by atoms with Crippen molar-refractivity contribution in [2.75, 3.05) is 12.3 Å². The van der Waals surface area contributed by atoms with Gasteiger partial charge in [0.2, 0.25) is 0 Å². The van der Waals surface area contributed by atoms with Crippen LogP contribution in [-0.4, -0.2) is 12.3 Å². The lowest BCUT2D eigenvalue weighted by molar-refractivity contribution is 0.587. The lowest BCUT2D eigenvalue weighted by atomic mass is 10.1. The van der Waals surface area contributed by atoms with E-state index in [0.717, 1.165) is 0 Å². The molecule has 0 nitrogen and oxygen atoms in total. The second-order valence-corrected chi connectivity index (χ2v) is 25.3. The smallest absolute Gasteiger partial charge is 0.0111 e. The number of rotatable bonds is 4. The van der Waals surface area contributed by atoms with Crippen LogP contribution < -0.4 is 21.2 Å². The van der Waals surface area contributed by atoms with Crippen molar-refractivity contribution in [1.29, 1.82) is 0 Å². The molecule has 1 aliphatic rings. The van der Waals surface area contributed by atoms with Crippen LogP contribution in [0.1, 0.15) is 51.4 Å². The maximum absolute atomic E-state index is 2.48. The van der Waals surface area contributed by atoms with Gasteiger partial charge in [-0.05, 0) is 76.2 Å². The molecule has 4 aromatic carbocycles. The minimum absolute atomic E-state index is 0.285. The molecule has 0 spiro atoms. The van der Waals surface area contributed by atoms with Gasteiger partial charge in [0, 0.05) is 0 Å². The first kappa shape index (κ1) is 28.1. The van der Waals surface area contributed by atoms with Crippen molar-refractivity contribution >= 4 is 51.0 Å². The molecule has 4 atom stereocenters. The van der Waals surface area contributed by atoms with E-state index in [1.54, 1.807) is 21.2 Å². The summed E-state index contributed by atoms with van der Waals surface area (Å²) in [7, 11) is -1.29. The Hall–Kier alpha value is -1.40. The summed E-state index contributed by atoms with van der Waals surface area (Å²) in [6.07, 6.45) is 13.9. The monoisotopic (exact) mass is 572 g/mol. The van der Waals surface area contributed by atoms with Crippen LogP contribution in [0.15, 0.2) is 121 Å². The van der Waals surface area contributed by atoms with E-state index in [9.17, 15) is 0 Å². The molecule has 1 fully saturated rings. The molecule has 0 aromatic heterocycles. The highest BCUT2D eigenvalue weighted by molar-refractivity contribution is 8.81. The predicted octanol–water partition coefficient (Wildman–Crippen LogP) is 10.1. The fraction of sp³-hybridized carbons (Fsp3) is 0.294. The minimum atomic E-state index is -0.359. The Balaban J connectivity index is 1.69. The van der Waals surface area contributed by atoms with E-state index in [4.69, 9.17) is 0 Å². The van der Waals surface area contributed by atoms with E-state index in [1.165, 1.54) is 63.7 Å². The molecule has 0 amide bonds. The van der Waals surface area contributed by atoms with E-state index in [1.807, 2.05) is 0 Å². The molecule has 0 radical (unpaired) electrons. The van der Waals surface area contributed by atoms with Crippen molar-refractivity contribution in [2.24, 2.45) is 0 Å². The van der Waals surface area contributed by atoms with Gasteiger partial charge in [-0.2, -0.15) is 0 Å². The van der Waals surface area contributed by atoms with Gasteiger partial charge in [0.15, 0.2) is 0 Å². The number of hydrogen-bond donors (Lipinski definition) is 0. The van der Waals surface area contributed by atoms with Crippen LogP contribution in [0.5, 0.6) is 0 Å². The van der Waals surface area contributed by atoms with Crippen LogP contribution in [0, 0.1) is 0 Å². The van der Waals surface area contributed by atoms with Gasteiger partial charge in [0.1, 0.15) is 0 Å². The molecular weight excluding hydrogens is 532 g/mol. The van der Waals surface area contributed by atoms with Gasteiger partial charge < -0.3 is 0 Å². The maximum atomic E-state index is 2.48. The zero-order valence-corrected chi connectivity index (χ0v) is 26.0. The molecule has 0 aliphatic carbocycles. The molecule has 0 saturated carbocycles. The highest BCUT2D eigenvalue weighted by atomic mass is 32.7. The Kier molecular flexibility index (Phi) is 11.4. The van der Waals surface area contributed by atoms with E-state index in [-0.39, 0.29) is 29.8 Å². The van der Waals surface area contributed by atoms with E-state index in [0.29, 0.717) is 0 Å². The zero-order chi connectivity index (χ0) is 25.8. The summed E-state index contributed by atoms with van der Waals surface area (Å²) >= 11 is 0. The zero-order valence-electron chi connectivity index (χ0n) is 22.4. The van der Waals surface area contributed by atoms with E-state index < -0.39 is 0 Å². The number of hydrogen-bond acceptors (Lipinski definition) is 0. The summed E-state index contributed by atoms with van der Waals surface area (Å²) in [5.41, 5.74) is 0. The van der Waals surface area contributed by atoms with Crippen LogP contribution in [0.25, 0.3) is 0 Å². The van der Waals surface area contributed by atoms with Crippen LogP contribution >= 0.6 is 29.8 Å². The predicted molar refractivity (Wildman–Crippen MR) is 179 cm³/mol. The molecule has 196 valence electrons. The standard InChI is InChI=1S/C34H40P4/c1-2-4-6-20-30-36(32-23-13-8-14-24-32)38(34-27-17-10-18-28-34)37(33-25-15-9-16-26-33)35(29-19-5-3-1)31-21-11-7-12-22-31/h7-18,21-28H,1-6,19-20,29-30H2. The molecule has 4 unspecified atom stereocenters. The fourth-order valence-electron chi connectivity index (χ4n) is 5.28. The molecule has 38 heavy (non-hydrogen) atoms. The summed E-state index contributed by atoms with van der Waals surface area (Å²) in [6, 6.07) is 46.9. The summed E-state index contributed by atoms with van der Waals surface area (Å²) < 4.78 is 0. The first-order valence-corrected chi connectivity index (χ1v) is 22.1. The average Bonchev–Trinajstić information content (AvgIpc) is 2.99. The Labute approximate surface area is 235 Å². The highest BCUT2D eigenvalue weighted by Crippen LogP contribution is 2.94. The van der Waals surface area contributed by atoms with Crippen LogP contribution in [0.4, 0.5) is 0 Å². The van der Waals surface area contributed by atoms with E-state index in [2.05, 4.69) is 121 Å². The Morgan fingerprint density at radius 1 is 0.289 bits per heavy atom. The molecule has 0 N–H and O–H groups in total. The molecule has 4 heteroatoms. The van der Waals surface area contributed by atoms with Crippen LogP contribution in [-0.2, 0) is 0 Å². The minimum Gasteiger partial charge on any atom is -0.0622 e. The van der Waals surface area contributed by atoms with Gasteiger partial charge in [-0.1, -0.05) is 160 Å². The second kappa shape index (κ2) is 15.4. The summed E-state index contributed by atoms with van der Waals surface area (Å²) in [6.45, 7) is 0. The molecule has 0 bridgehead atoms. The first-order valence-electron chi connectivity index (χ1n) is 14.3. The van der Waals surface area contributed by atoms with Crippen LogP contribution in [0.3, 0.4) is 0 Å². The van der Waals surface area contributed by atoms with Crippen molar-refractivity contribution in [3.05, 3.63) is 121 Å². The van der Waals surface area contributed by atoms with E-state index >= 15 is 0 Å². The SMILES string of the molecule is c1ccc(P2CCCCCCCCCCP(c3ccccc3)P(c3ccccc3)P2c2ccccc2)cc1. The summed E-state index contributed by atoms with van der Waals surface area (Å²) in [5, 5.41) is 6.50. The highest BCUT2D eigenvalue weighted by Gasteiger charge is 2.37. The second-order valence-electron chi connectivity index (χ2n) is 10.00. The molecular formula is C34H40P4. The number of benzene rings is 4. The molecule has 5 rings (SSSR count). The van der Waals surface area contributed by atoms with Crippen molar-refractivity contribution < 1.29 is 0 Å².